The van der Waals surface area contributed by atoms with Gasteiger partial charge < -0.3 is 5.73 Å². The van der Waals surface area contributed by atoms with Gasteiger partial charge in [0.1, 0.15) is 0 Å². The number of anilines is 1. The molecule has 1 aromatic rings. The maximum Gasteiger partial charge on any atom is 0.0463 e. The highest BCUT2D eigenvalue weighted by atomic mass is 79.9. The maximum absolute atomic E-state index is 5.95. The Kier molecular flexibility index (Phi) is 3.39. The van der Waals surface area contributed by atoms with Crippen LogP contribution in [0.15, 0.2) is 27.6 Å². The molecule has 0 amide bonds. The minimum absolute atomic E-state index is 0.790. The molecular formula is C11H14BrNS. The first kappa shape index (κ1) is 10.4. The fourth-order valence-electron chi connectivity index (χ4n) is 1.81. The van der Waals surface area contributed by atoms with Gasteiger partial charge in [-0.25, -0.2) is 0 Å². The van der Waals surface area contributed by atoms with Crippen molar-refractivity contribution in [3.63, 3.8) is 0 Å². The normalized spacial score (nSPS) is 17.5. The van der Waals surface area contributed by atoms with Crippen molar-refractivity contribution in [2.24, 2.45) is 0 Å². The molecule has 76 valence electrons. The summed E-state index contributed by atoms with van der Waals surface area (Å²) < 4.78 is 1.06. The van der Waals surface area contributed by atoms with Crippen LogP contribution >= 0.6 is 27.7 Å². The maximum atomic E-state index is 5.95. The number of nitrogens with two attached hydrogens (primary N) is 1. The van der Waals surface area contributed by atoms with Crippen molar-refractivity contribution in [1.29, 1.82) is 0 Å². The Labute approximate surface area is 97.6 Å². The molecule has 1 aliphatic rings. The van der Waals surface area contributed by atoms with Crippen molar-refractivity contribution in [2.75, 3.05) is 5.73 Å². The lowest BCUT2D eigenvalue weighted by atomic mass is 10.3. The molecule has 0 spiro atoms. The van der Waals surface area contributed by atoms with Crippen LogP contribution in [0.4, 0.5) is 5.69 Å². The third-order valence-corrected chi connectivity index (χ3v) is 4.49. The largest absolute Gasteiger partial charge is 0.398 e. The van der Waals surface area contributed by atoms with Crippen LogP contribution in [0.2, 0.25) is 0 Å². The van der Waals surface area contributed by atoms with Crippen LogP contribution in [0, 0.1) is 0 Å². The van der Waals surface area contributed by atoms with Crippen LogP contribution in [0.25, 0.3) is 0 Å². The van der Waals surface area contributed by atoms with Crippen LogP contribution < -0.4 is 5.73 Å². The van der Waals surface area contributed by atoms with Crippen molar-refractivity contribution in [3.05, 3.63) is 22.7 Å². The van der Waals surface area contributed by atoms with Crippen LogP contribution in [-0.2, 0) is 0 Å². The summed E-state index contributed by atoms with van der Waals surface area (Å²) in [6.07, 6.45) is 5.46. The van der Waals surface area contributed by atoms with Crippen molar-refractivity contribution in [1.82, 2.24) is 0 Å². The lowest BCUT2D eigenvalue weighted by Crippen LogP contribution is -1.96. The monoisotopic (exact) mass is 271 g/mol. The first-order chi connectivity index (χ1) is 6.75. The second-order valence-corrected chi connectivity index (χ2v) is 5.96. The number of rotatable bonds is 2. The van der Waals surface area contributed by atoms with Gasteiger partial charge in [-0.2, -0.15) is 0 Å². The van der Waals surface area contributed by atoms with E-state index in [2.05, 4.69) is 28.1 Å². The molecule has 2 rings (SSSR count). The first-order valence-corrected chi connectivity index (χ1v) is 6.64. The van der Waals surface area contributed by atoms with Gasteiger partial charge in [0, 0.05) is 20.3 Å². The number of thioether (sulfide) groups is 1. The quantitative estimate of drug-likeness (QED) is 0.821. The standard InChI is InChI=1S/C11H14BrNS/c12-8-5-6-11(10(13)7-8)14-9-3-1-2-4-9/h5-7,9H,1-4,13H2. The fourth-order valence-corrected chi connectivity index (χ4v) is 3.46. The summed E-state index contributed by atoms with van der Waals surface area (Å²) in [7, 11) is 0. The zero-order valence-corrected chi connectivity index (χ0v) is 10.4. The number of halogens is 1. The van der Waals surface area contributed by atoms with E-state index in [1.54, 1.807) is 0 Å². The zero-order valence-electron chi connectivity index (χ0n) is 8.00. The van der Waals surface area contributed by atoms with E-state index < -0.39 is 0 Å². The molecule has 2 N–H and O–H groups in total. The first-order valence-electron chi connectivity index (χ1n) is 4.97. The van der Waals surface area contributed by atoms with Gasteiger partial charge in [-0.15, -0.1) is 11.8 Å². The number of benzene rings is 1. The number of nitrogen functional groups attached to an aromatic ring is 1. The van der Waals surface area contributed by atoms with Crippen LogP contribution in [-0.4, -0.2) is 5.25 Å². The van der Waals surface area contributed by atoms with Crippen molar-refractivity contribution >= 4 is 33.4 Å². The third kappa shape index (κ3) is 2.45. The summed E-state index contributed by atoms with van der Waals surface area (Å²) in [5.74, 6) is 0. The topological polar surface area (TPSA) is 26.0 Å². The van der Waals surface area contributed by atoms with E-state index in [1.807, 2.05) is 17.8 Å². The summed E-state index contributed by atoms with van der Waals surface area (Å²) >= 11 is 5.36. The van der Waals surface area contributed by atoms with Crippen molar-refractivity contribution in [2.45, 2.75) is 35.8 Å². The SMILES string of the molecule is Nc1cc(Br)ccc1SC1CCCC1. The summed E-state index contributed by atoms with van der Waals surface area (Å²) in [6, 6.07) is 6.16. The second kappa shape index (κ2) is 4.58. The summed E-state index contributed by atoms with van der Waals surface area (Å²) in [6.45, 7) is 0. The van der Waals surface area contributed by atoms with Gasteiger partial charge in [0.25, 0.3) is 0 Å². The average molecular weight is 272 g/mol. The van der Waals surface area contributed by atoms with Gasteiger partial charge in [-0.05, 0) is 31.0 Å². The molecule has 1 fully saturated rings. The third-order valence-electron chi connectivity index (χ3n) is 2.57. The van der Waals surface area contributed by atoms with E-state index in [9.17, 15) is 0 Å². The lowest BCUT2D eigenvalue weighted by molar-refractivity contribution is 0.886. The van der Waals surface area contributed by atoms with E-state index in [-0.39, 0.29) is 0 Å². The smallest absolute Gasteiger partial charge is 0.0463 e. The Balaban J connectivity index is 2.08. The molecule has 1 saturated carbocycles. The molecule has 0 saturated heterocycles. The summed E-state index contributed by atoms with van der Waals surface area (Å²) in [5.41, 5.74) is 6.85. The van der Waals surface area contributed by atoms with Gasteiger partial charge >= 0.3 is 0 Å². The van der Waals surface area contributed by atoms with Gasteiger partial charge in [0.05, 0.1) is 0 Å². The summed E-state index contributed by atoms with van der Waals surface area (Å²) in [5, 5.41) is 0.790. The molecule has 3 heteroatoms. The molecule has 1 nitrogen and oxygen atoms in total. The molecule has 0 aliphatic heterocycles. The average Bonchev–Trinajstić information content (AvgIpc) is 2.62. The summed E-state index contributed by atoms with van der Waals surface area (Å²) in [4.78, 5) is 1.24. The molecule has 0 radical (unpaired) electrons. The highest BCUT2D eigenvalue weighted by Gasteiger charge is 2.16. The Morgan fingerprint density at radius 1 is 1.29 bits per heavy atom. The molecule has 1 aliphatic carbocycles. The molecule has 0 unspecified atom stereocenters. The second-order valence-electron chi connectivity index (χ2n) is 3.71. The van der Waals surface area contributed by atoms with Crippen LogP contribution in [0.1, 0.15) is 25.7 Å². The fraction of sp³-hybridized carbons (Fsp3) is 0.455. The molecule has 0 bridgehead atoms. The van der Waals surface area contributed by atoms with Gasteiger partial charge in [0.2, 0.25) is 0 Å². The molecule has 0 aromatic heterocycles. The van der Waals surface area contributed by atoms with Gasteiger partial charge in [-0.3, -0.25) is 0 Å². The van der Waals surface area contributed by atoms with E-state index in [0.717, 1.165) is 15.4 Å². The van der Waals surface area contributed by atoms with Crippen LogP contribution in [0.3, 0.4) is 0 Å². The highest BCUT2D eigenvalue weighted by Crippen LogP contribution is 2.37. The molecule has 1 aromatic carbocycles. The predicted octanol–water partition coefficient (Wildman–Crippen LogP) is 4.07. The van der Waals surface area contributed by atoms with E-state index >= 15 is 0 Å². The highest BCUT2D eigenvalue weighted by molar-refractivity contribution is 9.10. The molecule has 14 heavy (non-hydrogen) atoms. The number of hydrogen-bond acceptors (Lipinski definition) is 2. The Morgan fingerprint density at radius 3 is 2.64 bits per heavy atom. The lowest BCUT2D eigenvalue weighted by Gasteiger charge is -2.10. The molecule has 0 atom stereocenters. The molecule has 0 heterocycles. The van der Waals surface area contributed by atoms with Gasteiger partial charge in [-0.1, -0.05) is 28.8 Å². The molecular weight excluding hydrogens is 258 g/mol. The Hall–Kier alpha value is -0.150. The van der Waals surface area contributed by atoms with Crippen molar-refractivity contribution in [3.8, 4) is 0 Å². The van der Waals surface area contributed by atoms with E-state index in [0.29, 0.717) is 0 Å². The minimum atomic E-state index is 0.790. The van der Waals surface area contributed by atoms with Gasteiger partial charge in [0.15, 0.2) is 0 Å². The number of hydrogen-bond donors (Lipinski definition) is 1. The van der Waals surface area contributed by atoms with E-state index in [4.69, 9.17) is 5.73 Å². The zero-order chi connectivity index (χ0) is 9.97. The predicted molar refractivity (Wildman–Crippen MR) is 66.7 cm³/mol. The minimum Gasteiger partial charge on any atom is -0.398 e. The Bertz CT molecular complexity index is 321. The van der Waals surface area contributed by atoms with Crippen LogP contribution in [0.5, 0.6) is 0 Å². The van der Waals surface area contributed by atoms with Crippen molar-refractivity contribution < 1.29 is 0 Å². The Morgan fingerprint density at radius 2 is 2.00 bits per heavy atom. The van der Waals surface area contributed by atoms with E-state index in [1.165, 1.54) is 30.6 Å².